The lowest BCUT2D eigenvalue weighted by atomic mass is 10.1. The maximum Gasteiger partial charge on any atom is 0.262 e. The lowest BCUT2D eigenvalue weighted by molar-refractivity contribution is -0.106. The molecule has 1 unspecified atom stereocenters. The van der Waals surface area contributed by atoms with Crippen LogP contribution >= 0.6 is 0 Å². The van der Waals surface area contributed by atoms with Gasteiger partial charge in [-0.05, 0) is 30.5 Å². The Morgan fingerprint density at radius 1 is 1.11 bits per heavy atom. The number of aliphatic hydroxyl groups excluding tert-OH is 1. The fourth-order valence-corrected chi connectivity index (χ4v) is 4.01. The molecule has 3 aromatic rings. The third kappa shape index (κ3) is 5.90. The van der Waals surface area contributed by atoms with Crippen LogP contribution in [-0.2, 0) is 17.9 Å². The van der Waals surface area contributed by atoms with Gasteiger partial charge in [0.25, 0.3) is 5.91 Å². The molecule has 1 fully saturated rings. The first-order valence-electron chi connectivity index (χ1n) is 11.7. The number of hydrogen-bond donors (Lipinski definition) is 1. The fraction of sp³-hybridized carbons (Fsp3) is 0.333. The lowest BCUT2D eigenvalue weighted by Gasteiger charge is -2.27. The smallest absolute Gasteiger partial charge is 0.262 e. The van der Waals surface area contributed by atoms with E-state index in [0.717, 1.165) is 24.8 Å². The summed E-state index contributed by atoms with van der Waals surface area (Å²) in [7, 11) is 1.58. The Morgan fingerprint density at radius 3 is 2.63 bits per heavy atom. The van der Waals surface area contributed by atoms with Crippen LogP contribution in [0, 0.1) is 0 Å². The molecule has 4 rings (SSSR count). The molecule has 1 amide bonds. The zero-order chi connectivity index (χ0) is 24.6. The highest BCUT2D eigenvalue weighted by Crippen LogP contribution is 2.29. The van der Waals surface area contributed by atoms with Crippen molar-refractivity contribution >= 4 is 11.7 Å². The number of anilines is 1. The van der Waals surface area contributed by atoms with Crippen molar-refractivity contribution in [2.24, 2.45) is 0 Å². The zero-order valence-corrected chi connectivity index (χ0v) is 19.8. The van der Waals surface area contributed by atoms with Gasteiger partial charge in [-0.15, -0.1) is 0 Å². The van der Waals surface area contributed by atoms with Gasteiger partial charge in [-0.2, -0.15) is 0 Å². The molecule has 1 saturated heterocycles. The Morgan fingerprint density at radius 2 is 1.89 bits per heavy atom. The molecule has 1 aromatic heterocycles. The van der Waals surface area contributed by atoms with Crippen LogP contribution in [-0.4, -0.2) is 42.1 Å². The molecule has 8 heteroatoms. The van der Waals surface area contributed by atoms with Crippen molar-refractivity contribution in [1.29, 1.82) is 0 Å². The van der Waals surface area contributed by atoms with Crippen LogP contribution in [0.1, 0.15) is 35.2 Å². The fourth-order valence-electron chi connectivity index (χ4n) is 4.01. The molecule has 2 heterocycles. The molecule has 35 heavy (non-hydrogen) atoms. The van der Waals surface area contributed by atoms with E-state index in [9.17, 15) is 14.7 Å². The quantitative estimate of drug-likeness (QED) is 0.506. The summed E-state index contributed by atoms with van der Waals surface area (Å²) in [5.41, 5.74) is 0.866. The second kappa shape index (κ2) is 11.7. The molecule has 0 bridgehead atoms. The average molecular weight is 479 g/mol. The minimum Gasteiger partial charge on any atom is -0.481 e. The monoisotopic (exact) mass is 478 g/mol. The minimum atomic E-state index is -0.405. The number of aromatic nitrogens is 1. The number of benzene rings is 2. The number of carbonyl (C=O) groups excluding carboxylic acids is 1. The zero-order valence-electron chi connectivity index (χ0n) is 19.8. The van der Waals surface area contributed by atoms with Gasteiger partial charge in [-0.3, -0.25) is 14.5 Å². The summed E-state index contributed by atoms with van der Waals surface area (Å²) in [4.78, 5) is 27.9. The molecule has 1 aliphatic rings. The SMILES string of the molecule is CN(C(=O)c1ccccc1OC1CCCCO1)c1c(OCc2ccccc2)c(=O)ccn1CCO. The van der Waals surface area contributed by atoms with Crippen molar-refractivity contribution in [2.45, 2.75) is 38.7 Å². The molecule has 0 aliphatic carbocycles. The Kier molecular flexibility index (Phi) is 8.18. The third-order valence-electron chi connectivity index (χ3n) is 5.81. The van der Waals surface area contributed by atoms with Crippen molar-refractivity contribution in [3.8, 4) is 11.5 Å². The predicted molar refractivity (Wildman–Crippen MR) is 132 cm³/mol. The summed E-state index contributed by atoms with van der Waals surface area (Å²) >= 11 is 0. The van der Waals surface area contributed by atoms with E-state index in [-0.39, 0.29) is 42.7 Å². The number of amides is 1. The largest absolute Gasteiger partial charge is 0.481 e. The molecule has 2 aromatic carbocycles. The number of hydrogen-bond acceptors (Lipinski definition) is 6. The summed E-state index contributed by atoms with van der Waals surface area (Å²) in [6, 6.07) is 17.8. The second-order valence-electron chi connectivity index (χ2n) is 8.30. The Balaban J connectivity index is 1.66. The first-order valence-corrected chi connectivity index (χ1v) is 11.7. The van der Waals surface area contributed by atoms with Crippen LogP contribution < -0.4 is 19.8 Å². The number of para-hydroxylation sites is 1. The Labute approximate surface area is 204 Å². The molecule has 0 saturated carbocycles. The first kappa shape index (κ1) is 24.5. The van der Waals surface area contributed by atoms with Gasteiger partial charge in [-0.25, -0.2) is 0 Å². The molecular formula is C27H30N2O6. The third-order valence-corrected chi connectivity index (χ3v) is 5.81. The van der Waals surface area contributed by atoms with Gasteiger partial charge in [-0.1, -0.05) is 42.5 Å². The van der Waals surface area contributed by atoms with Gasteiger partial charge in [0.1, 0.15) is 12.4 Å². The van der Waals surface area contributed by atoms with E-state index in [4.69, 9.17) is 14.2 Å². The number of nitrogens with zero attached hydrogens (tertiary/aromatic N) is 2. The highest BCUT2D eigenvalue weighted by atomic mass is 16.7. The summed E-state index contributed by atoms with van der Waals surface area (Å²) < 4.78 is 19.3. The van der Waals surface area contributed by atoms with Crippen molar-refractivity contribution in [2.75, 3.05) is 25.2 Å². The van der Waals surface area contributed by atoms with Crippen molar-refractivity contribution in [1.82, 2.24) is 4.57 Å². The standard InChI is InChI=1S/C27H30N2O6/c1-28(27(32)21-11-5-6-12-23(21)35-24-13-7-8-18-33-24)26-25(22(31)14-15-29(26)16-17-30)34-19-20-9-3-2-4-10-20/h2-6,9-12,14-15,24,30H,7-8,13,16-19H2,1H3. The predicted octanol–water partition coefficient (Wildman–Crippen LogP) is 3.60. The Hall–Kier alpha value is -3.62. The highest BCUT2D eigenvalue weighted by Gasteiger charge is 2.26. The van der Waals surface area contributed by atoms with Crippen LogP contribution in [0.3, 0.4) is 0 Å². The molecule has 1 atom stereocenters. The molecule has 184 valence electrons. The number of rotatable bonds is 9. The van der Waals surface area contributed by atoms with Crippen LogP contribution in [0.25, 0.3) is 0 Å². The molecule has 0 spiro atoms. The number of ether oxygens (including phenoxy) is 3. The topological polar surface area (TPSA) is 90.2 Å². The summed E-state index contributed by atoms with van der Waals surface area (Å²) in [6.07, 6.45) is 3.89. The van der Waals surface area contributed by atoms with E-state index in [1.807, 2.05) is 30.3 Å². The van der Waals surface area contributed by atoms with Gasteiger partial charge in [0, 0.05) is 32.3 Å². The van der Waals surface area contributed by atoms with Crippen molar-refractivity contribution < 1.29 is 24.1 Å². The minimum absolute atomic E-state index is 0.0367. The summed E-state index contributed by atoms with van der Waals surface area (Å²) in [5.74, 6) is 0.333. The van der Waals surface area contributed by atoms with Gasteiger partial charge in [0.05, 0.1) is 18.8 Å². The van der Waals surface area contributed by atoms with Crippen LogP contribution in [0.15, 0.2) is 71.7 Å². The highest BCUT2D eigenvalue weighted by molar-refractivity contribution is 6.07. The van der Waals surface area contributed by atoms with Gasteiger partial charge in [0.15, 0.2) is 12.1 Å². The Bertz CT molecular complexity index is 1190. The maximum absolute atomic E-state index is 13.7. The summed E-state index contributed by atoms with van der Waals surface area (Å²) in [6.45, 7) is 0.797. The van der Waals surface area contributed by atoms with E-state index in [0.29, 0.717) is 17.9 Å². The molecule has 1 N–H and O–H groups in total. The van der Waals surface area contributed by atoms with E-state index >= 15 is 0 Å². The maximum atomic E-state index is 13.7. The van der Waals surface area contributed by atoms with Gasteiger partial charge >= 0.3 is 0 Å². The lowest BCUT2D eigenvalue weighted by Crippen LogP contribution is -2.33. The van der Waals surface area contributed by atoms with Crippen LogP contribution in [0.2, 0.25) is 0 Å². The van der Waals surface area contributed by atoms with E-state index < -0.39 is 6.29 Å². The van der Waals surface area contributed by atoms with E-state index in [1.165, 1.54) is 11.0 Å². The molecular weight excluding hydrogens is 448 g/mol. The van der Waals surface area contributed by atoms with Crippen molar-refractivity contribution in [3.63, 3.8) is 0 Å². The summed E-state index contributed by atoms with van der Waals surface area (Å²) in [5, 5.41) is 9.60. The average Bonchev–Trinajstić information content (AvgIpc) is 2.89. The van der Waals surface area contributed by atoms with Gasteiger partial charge in [0.2, 0.25) is 11.2 Å². The van der Waals surface area contributed by atoms with Gasteiger partial charge < -0.3 is 23.9 Å². The van der Waals surface area contributed by atoms with E-state index in [2.05, 4.69) is 0 Å². The normalized spacial score (nSPS) is 15.4. The second-order valence-corrected chi connectivity index (χ2v) is 8.30. The number of aliphatic hydroxyl groups is 1. The van der Waals surface area contributed by atoms with E-state index in [1.54, 1.807) is 42.1 Å². The molecule has 8 nitrogen and oxygen atoms in total. The molecule has 0 radical (unpaired) electrons. The van der Waals surface area contributed by atoms with Crippen LogP contribution in [0.4, 0.5) is 5.82 Å². The van der Waals surface area contributed by atoms with Crippen molar-refractivity contribution in [3.05, 3.63) is 88.2 Å². The molecule has 1 aliphatic heterocycles. The first-order chi connectivity index (χ1) is 17.1. The van der Waals surface area contributed by atoms with Crippen LogP contribution in [0.5, 0.6) is 11.5 Å². The number of carbonyl (C=O) groups is 1. The number of pyridine rings is 1.